The van der Waals surface area contributed by atoms with Crippen LogP contribution >= 0.6 is 27.3 Å². The molecule has 0 unspecified atom stereocenters. The first kappa shape index (κ1) is 15.9. The van der Waals surface area contributed by atoms with Crippen LogP contribution in [-0.4, -0.2) is 47.6 Å². The third kappa shape index (κ3) is 2.52. The topological polar surface area (TPSA) is 94.9 Å². The molecule has 0 radical (unpaired) electrons. The van der Waals surface area contributed by atoms with Crippen molar-refractivity contribution < 1.29 is 23.4 Å². The highest BCUT2D eigenvalue weighted by atomic mass is 79.9. The summed E-state index contributed by atoms with van der Waals surface area (Å²) in [5, 5.41) is 19.0. The quantitative estimate of drug-likeness (QED) is 0.822. The molecule has 0 aliphatic carbocycles. The number of aliphatic hydroxyl groups is 1. The average Bonchev–Trinajstić information content (AvgIpc) is 2.67. The Morgan fingerprint density at radius 3 is 2.45 bits per heavy atom. The predicted octanol–water partition coefficient (Wildman–Crippen LogP) is 1.60. The van der Waals surface area contributed by atoms with E-state index in [4.69, 9.17) is 5.11 Å². The minimum absolute atomic E-state index is 0.0255. The van der Waals surface area contributed by atoms with Crippen molar-refractivity contribution in [2.45, 2.75) is 24.3 Å². The lowest BCUT2D eigenvalue weighted by atomic mass is 9.85. The number of nitrogens with zero attached hydrogens (tertiary/aromatic N) is 1. The predicted molar refractivity (Wildman–Crippen MR) is 77.5 cm³/mol. The third-order valence-corrected chi connectivity index (χ3v) is 7.49. The van der Waals surface area contributed by atoms with Gasteiger partial charge in [-0.05, 0) is 27.9 Å². The summed E-state index contributed by atoms with van der Waals surface area (Å²) in [6.07, 6.45) is 0. The summed E-state index contributed by atoms with van der Waals surface area (Å²) in [4.78, 5) is 10.8. The first-order valence-electron chi connectivity index (χ1n) is 5.83. The number of sulfonamides is 1. The van der Waals surface area contributed by atoms with Gasteiger partial charge in [-0.2, -0.15) is 4.31 Å². The monoisotopic (exact) mass is 383 g/mol. The average molecular weight is 384 g/mol. The lowest BCUT2D eigenvalue weighted by molar-refractivity contribution is -0.0932. The molecule has 2 rings (SSSR count). The van der Waals surface area contributed by atoms with Crippen LogP contribution in [0, 0.1) is 5.92 Å². The Labute approximate surface area is 129 Å². The molecule has 1 fully saturated rings. The molecule has 0 aromatic carbocycles. The highest BCUT2D eigenvalue weighted by molar-refractivity contribution is 9.11. The van der Waals surface area contributed by atoms with E-state index in [1.54, 1.807) is 0 Å². The van der Waals surface area contributed by atoms with Crippen molar-refractivity contribution in [3.63, 3.8) is 0 Å². The number of β-amino-alcohol motifs (C(OH)–C–C–N with tert-alkyl or cyclic N) is 1. The summed E-state index contributed by atoms with van der Waals surface area (Å²) in [6.45, 7) is 3.70. The molecule has 0 bridgehead atoms. The summed E-state index contributed by atoms with van der Waals surface area (Å²) >= 11 is 3.94. The van der Waals surface area contributed by atoms with E-state index in [0.29, 0.717) is 0 Å². The van der Waals surface area contributed by atoms with Crippen molar-refractivity contribution in [1.82, 2.24) is 4.31 Å². The number of carbonyl (C=O) groups is 1. The van der Waals surface area contributed by atoms with Gasteiger partial charge in [0.25, 0.3) is 0 Å². The lowest BCUT2D eigenvalue weighted by Crippen LogP contribution is -2.65. The molecule has 0 amide bonds. The second kappa shape index (κ2) is 5.06. The van der Waals surface area contributed by atoms with Crippen LogP contribution in [0.3, 0.4) is 0 Å². The summed E-state index contributed by atoms with van der Waals surface area (Å²) in [5.41, 5.74) is -1.01. The molecule has 1 aliphatic rings. The Morgan fingerprint density at radius 1 is 1.50 bits per heavy atom. The smallest absolute Gasteiger partial charge is 0.345 e. The van der Waals surface area contributed by atoms with Crippen LogP contribution in [0.1, 0.15) is 23.5 Å². The molecule has 1 saturated heterocycles. The first-order valence-corrected chi connectivity index (χ1v) is 8.88. The minimum atomic E-state index is -3.78. The van der Waals surface area contributed by atoms with Gasteiger partial charge in [0.15, 0.2) is 0 Å². The minimum Gasteiger partial charge on any atom is -0.477 e. The summed E-state index contributed by atoms with van der Waals surface area (Å²) < 4.78 is 26.2. The van der Waals surface area contributed by atoms with Crippen molar-refractivity contribution in [3.8, 4) is 0 Å². The molecule has 1 aromatic heterocycles. The zero-order chi connectivity index (χ0) is 15.3. The number of hydrogen-bond donors (Lipinski definition) is 2. The number of carboxylic acids is 1. The van der Waals surface area contributed by atoms with E-state index >= 15 is 0 Å². The summed E-state index contributed by atoms with van der Waals surface area (Å²) in [7, 11) is -3.78. The van der Waals surface area contributed by atoms with Crippen molar-refractivity contribution in [2.75, 3.05) is 13.1 Å². The van der Waals surface area contributed by atoms with Gasteiger partial charge in [-0.15, -0.1) is 11.3 Å². The van der Waals surface area contributed by atoms with E-state index in [-0.39, 0.29) is 32.6 Å². The number of carboxylic acid groups (broad SMARTS) is 1. The summed E-state index contributed by atoms with van der Waals surface area (Å²) in [6, 6.07) is 1.14. The van der Waals surface area contributed by atoms with Crippen LogP contribution in [0.5, 0.6) is 0 Å². The van der Waals surface area contributed by atoms with Gasteiger partial charge in [-0.25, -0.2) is 13.2 Å². The highest BCUT2D eigenvalue weighted by Gasteiger charge is 2.49. The standard InChI is InChI=1S/C11H14BrNO5S2/c1-6(2)11(16)4-13(5-11)20(17,18)8-3-7(10(14)15)19-9(8)12/h3,6,16H,4-5H2,1-2H3,(H,14,15). The fourth-order valence-corrected chi connectivity index (χ4v) is 5.79. The van der Waals surface area contributed by atoms with Crippen molar-refractivity contribution in [3.05, 3.63) is 14.7 Å². The fourth-order valence-electron chi connectivity index (χ4n) is 1.87. The van der Waals surface area contributed by atoms with E-state index in [1.807, 2.05) is 13.8 Å². The number of halogens is 1. The molecule has 112 valence electrons. The maximum atomic E-state index is 12.4. The van der Waals surface area contributed by atoms with Crippen molar-refractivity contribution >= 4 is 43.3 Å². The van der Waals surface area contributed by atoms with E-state index in [0.717, 1.165) is 21.7 Å². The molecule has 20 heavy (non-hydrogen) atoms. The number of aromatic carboxylic acids is 1. The van der Waals surface area contributed by atoms with Gasteiger partial charge in [-0.3, -0.25) is 0 Å². The van der Waals surface area contributed by atoms with Crippen LogP contribution in [0.2, 0.25) is 0 Å². The number of rotatable bonds is 4. The van der Waals surface area contributed by atoms with Gasteiger partial charge in [0.2, 0.25) is 10.0 Å². The Hall–Kier alpha value is -0.480. The normalized spacial score (nSPS) is 19.1. The molecule has 1 aliphatic heterocycles. The molecular weight excluding hydrogens is 370 g/mol. The molecule has 6 nitrogen and oxygen atoms in total. The largest absolute Gasteiger partial charge is 0.477 e. The Bertz CT molecular complexity index is 646. The van der Waals surface area contributed by atoms with E-state index < -0.39 is 21.6 Å². The molecule has 0 spiro atoms. The molecule has 1 aromatic rings. The van der Waals surface area contributed by atoms with Gasteiger partial charge in [0.05, 0.1) is 9.39 Å². The Kier molecular flexibility index (Phi) is 4.02. The van der Waals surface area contributed by atoms with Crippen LogP contribution in [-0.2, 0) is 10.0 Å². The SMILES string of the molecule is CC(C)C1(O)CN(S(=O)(=O)c2cc(C(=O)O)sc2Br)C1. The van der Waals surface area contributed by atoms with Gasteiger partial charge >= 0.3 is 5.97 Å². The number of hydrogen-bond acceptors (Lipinski definition) is 5. The lowest BCUT2D eigenvalue weighted by Gasteiger charge is -2.47. The Morgan fingerprint density at radius 2 is 2.05 bits per heavy atom. The zero-order valence-electron chi connectivity index (χ0n) is 10.8. The zero-order valence-corrected chi connectivity index (χ0v) is 14.0. The van der Waals surface area contributed by atoms with Crippen molar-refractivity contribution in [2.24, 2.45) is 5.92 Å². The maximum Gasteiger partial charge on any atom is 0.345 e. The molecule has 0 saturated carbocycles. The maximum absolute atomic E-state index is 12.4. The van der Waals surface area contributed by atoms with Gasteiger partial charge in [-0.1, -0.05) is 13.8 Å². The molecule has 2 heterocycles. The molecule has 2 N–H and O–H groups in total. The second-order valence-electron chi connectivity index (χ2n) is 5.09. The Balaban J connectivity index is 2.27. The van der Waals surface area contributed by atoms with Gasteiger partial charge < -0.3 is 10.2 Å². The number of thiophene rings is 1. The molecule has 9 heteroatoms. The van der Waals surface area contributed by atoms with Crippen LogP contribution in [0.25, 0.3) is 0 Å². The van der Waals surface area contributed by atoms with Crippen LogP contribution in [0.15, 0.2) is 14.7 Å². The van der Waals surface area contributed by atoms with Gasteiger partial charge in [0.1, 0.15) is 9.77 Å². The van der Waals surface area contributed by atoms with E-state index in [9.17, 15) is 18.3 Å². The molecular formula is C11H14BrNO5S2. The van der Waals surface area contributed by atoms with Gasteiger partial charge in [0, 0.05) is 13.1 Å². The van der Waals surface area contributed by atoms with Crippen LogP contribution < -0.4 is 0 Å². The molecule has 0 atom stereocenters. The third-order valence-electron chi connectivity index (χ3n) is 3.46. The summed E-state index contributed by atoms with van der Waals surface area (Å²) in [5.74, 6) is -1.21. The van der Waals surface area contributed by atoms with Crippen molar-refractivity contribution in [1.29, 1.82) is 0 Å². The van der Waals surface area contributed by atoms with E-state index in [1.165, 1.54) is 0 Å². The first-order chi connectivity index (χ1) is 9.08. The fraction of sp³-hybridized carbons (Fsp3) is 0.545. The highest BCUT2D eigenvalue weighted by Crippen LogP contribution is 2.38. The van der Waals surface area contributed by atoms with Crippen LogP contribution in [0.4, 0.5) is 0 Å². The second-order valence-corrected chi connectivity index (χ2v) is 9.36. The van der Waals surface area contributed by atoms with E-state index in [2.05, 4.69) is 15.9 Å².